The summed E-state index contributed by atoms with van der Waals surface area (Å²) in [5, 5.41) is 4.82. The topological polar surface area (TPSA) is 53.4 Å². The number of carbonyl (C=O) groups excluding carboxylic acids is 1. The molecule has 0 radical (unpaired) electrons. The largest absolute Gasteiger partial charge is 0.465 e. The zero-order valence-corrected chi connectivity index (χ0v) is 12.1. The maximum atomic E-state index is 11.2. The molecule has 0 atom stereocenters. The summed E-state index contributed by atoms with van der Waals surface area (Å²) in [6, 6.07) is 9.20. The van der Waals surface area contributed by atoms with Crippen molar-refractivity contribution in [3.8, 4) is 17.1 Å². The maximum Gasteiger partial charge on any atom is 0.344 e. The fourth-order valence-corrected chi connectivity index (χ4v) is 2.00. The summed E-state index contributed by atoms with van der Waals surface area (Å²) in [5.41, 5.74) is 1.67. The Balaban J connectivity index is 2.14. The fourth-order valence-electron chi connectivity index (χ4n) is 1.77. The number of benzene rings is 1. The van der Waals surface area contributed by atoms with Crippen molar-refractivity contribution in [3.05, 3.63) is 35.4 Å². The summed E-state index contributed by atoms with van der Waals surface area (Å²) >= 11 is 6.15. The van der Waals surface area contributed by atoms with Gasteiger partial charge >= 0.3 is 5.97 Å². The quantitative estimate of drug-likeness (QED) is 0.796. The summed E-state index contributed by atoms with van der Waals surface area (Å²) in [7, 11) is 1.79. The minimum Gasteiger partial charge on any atom is -0.465 e. The van der Waals surface area contributed by atoms with Gasteiger partial charge in [-0.3, -0.25) is 4.68 Å². The third-order valence-electron chi connectivity index (χ3n) is 2.65. The van der Waals surface area contributed by atoms with E-state index < -0.39 is 5.97 Å². The number of hydrogen-bond donors (Lipinski definition) is 0. The first-order chi connectivity index (χ1) is 9.61. The number of aromatic nitrogens is 2. The summed E-state index contributed by atoms with van der Waals surface area (Å²) in [4.78, 5) is 11.2. The zero-order chi connectivity index (χ0) is 14.5. The number of nitrogens with zero attached hydrogens (tertiary/aromatic N) is 2. The van der Waals surface area contributed by atoms with Gasteiger partial charge in [-0.2, -0.15) is 0 Å². The lowest BCUT2D eigenvalue weighted by Crippen LogP contribution is -2.14. The molecule has 2 rings (SSSR count). The molecule has 2 aromatic rings. The minimum absolute atomic E-state index is 0.160. The Kier molecular flexibility index (Phi) is 4.63. The summed E-state index contributed by atoms with van der Waals surface area (Å²) in [5.74, 6) is -0.0621. The Labute approximate surface area is 122 Å². The van der Waals surface area contributed by atoms with Crippen LogP contribution in [0.2, 0.25) is 5.02 Å². The maximum absolute atomic E-state index is 11.2. The van der Waals surface area contributed by atoms with E-state index in [9.17, 15) is 4.79 Å². The van der Waals surface area contributed by atoms with Crippen LogP contribution >= 0.6 is 11.6 Å². The molecule has 0 N–H and O–H groups in total. The standard InChI is InChI=1S/C14H15ClN2O3/c1-3-19-14(18)9-20-13-8-12(17(2)16-13)10-6-4-5-7-11(10)15/h4-8H,3,9H2,1-2H3. The molecule has 0 saturated carbocycles. The van der Waals surface area contributed by atoms with Crippen molar-refractivity contribution in [1.82, 2.24) is 9.78 Å². The molecule has 20 heavy (non-hydrogen) atoms. The van der Waals surface area contributed by atoms with Crippen LogP contribution in [0.5, 0.6) is 5.88 Å². The zero-order valence-electron chi connectivity index (χ0n) is 11.3. The molecule has 1 aromatic heterocycles. The Morgan fingerprint density at radius 3 is 2.85 bits per heavy atom. The second-order valence-electron chi connectivity index (χ2n) is 4.06. The Hall–Kier alpha value is -2.01. The predicted octanol–water partition coefficient (Wildman–Crippen LogP) is 2.68. The molecule has 0 aliphatic heterocycles. The minimum atomic E-state index is -0.419. The summed E-state index contributed by atoms with van der Waals surface area (Å²) in [6.07, 6.45) is 0. The first kappa shape index (κ1) is 14.4. The van der Waals surface area contributed by atoms with Crippen LogP contribution in [0, 0.1) is 0 Å². The highest BCUT2D eigenvalue weighted by Crippen LogP contribution is 2.29. The van der Waals surface area contributed by atoms with Gasteiger partial charge in [-0.05, 0) is 13.0 Å². The molecule has 6 heteroatoms. The van der Waals surface area contributed by atoms with Crippen molar-refractivity contribution < 1.29 is 14.3 Å². The average Bonchev–Trinajstić information content (AvgIpc) is 2.79. The molecule has 0 saturated heterocycles. The van der Waals surface area contributed by atoms with E-state index in [4.69, 9.17) is 21.1 Å². The van der Waals surface area contributed by atoms with Crippen molar-refractivity contribution >= 4 is 17.6 Å². The third kappa shape index (κ3) is 3.30. The third-order valence-corrected chi connectivity index (χ3v) is 2.98. The highest BCUT2D eigenvalue weighted by molar-refractivity contribution is 6.33. The number of hydrogen-bond acceptors (Lipinski definition) is 4. The van der Waals surface area contributed by atoms with Crippen molar-refractivity contribution in [2.24, 2.45) is 7.05 Å². The van der Waals surface area contributed by atoms with Crippen LogP contribution in [-0.2, 0) is 16.6 Å². The van der Waals surface area contributed by atoms with E-state index in [1.807, 2.05) is 24.3 Å². The smallest absolute Gasteiger partial charge is 0.344 e. The summed E-state index contributed by atoms with van der Waals surface area (Å²) in [6.45, 7) is 1.91. The fraction of sp³-hybridized carbons (Fsp3) is 0.286. The molecule has 1 aromatic carbocycles. The number of carbonyl (C=O) groups is 1. The Bertz CT molecular complexity index is 610. The van der Waals surface area contributed by atoms with Crippen LogP contribution in [0.15, 0.2) is 30.3 Å². The molecular formula is C14H15ClN2O3. The van der Waals surface area contributed by atoms with Gasteiger partial charge < -0.3 is 9.47 Å². The number of ether oxygens (including phenoxy) is 2. The van der Waals surface area contributed by atoms with Gasteiger partial charge in [0.1, 0.15) is 0 Å². The Morgan fingerprint density at radius 1 is 1.40 bits per heavy atom. The van der Waals surface area contributed by atoms with Gasteiger partial charge in [0.2, 0.25) is 5.88 Å². The molecule has 0 aliphatic rings. The lowest BCUT2D eigenvalue weighted by Gasteiger charge is -2.02. The van der Waals surface area contributed by atoms with Crippen LogP contribution in [0.3, 0.4) is 0 Å². The monoisotopic (exact) mass is 294 g/mol. The number of rotatable bonds is 5. The van der Waals surface area contributed by atoms with Crippen LogP contribution in [0.25, 0.3) is 11.3 Å². The molecule has 0 spiro atoms. The van der Waals surface area contributed by atoms with Gasteiger partial charge in [-0.1, -0.05) is 29.8 Å². The van der Waals surface area contributed by atoms with Gasteiger partial charge in [-0.15, -0.1) is 5.10 Å². The predicted molar refractivity (Wildman–Crippen MR) is 75.8 cm³/mol. The van der Waals surface area contributed by atoms with Crippen LogP contribution in [-0.4, -0.2) is 29.0 Å². The molecule has 5 nitrogen and oxygen atoms in total. The van der Waals surface area contributed by atoms with Crippen LogP contribution in [0.1, 0.15) is 6.92 Å². The van der Waals surface area contributed by atoms with E-state index in [0.29, 0.717) is 17.5 Å². The van der Waals surface area contributed by atoms with Crippen LogP contribution < -0.4 is 4.74 Å². The number of esters is 1. The van der Waals surface area contributed by atoms with Gasteiger partial charge in [0, 0.05) is 23.7 Å². The first-order valence-electron chi connectivity index (χ1n) is 6.19. The van der Waals surface area contributed by atoms with Gasteiger partial charge in [0.05, 0.1) is 12.3 Å². The molecule has 1 heterocycles. The van der Waals surface area contributed by atoms with Crippen molar-refractivity contribution in [1.29, 1.82) is 0 Å². The molecule has 0 aliphatic carbocycles. The highest BCUT2D eigenvalue weighted by atomic mass is 35.5. The SMILES string of the molecule is CCOC(=O)COc1cc(-c2ccccc2Cl)n(C)n1. The van der Waals surface area contributed by atoms with Crippen molar-refractivity contribution in [3.63, 3.8) is 0 Å². The molecule has 0 amide bonds. The number of halogens is 1. The molecular weight excluding hydrogens is 280 g/mol. The van der Waals surface area contributed by atoms with E-state index in [1.165, 1.54) is 0 Å². The van der Waals surface area contributed by atoms with Gasteiger partial charge in [0.25, 0.3) is 0 Å². The highest BCUT2D eigenvalue weighted by Gasteiger charge is 2.12. The second-order valence-corrected chi connectivity index (χ2v) is 4.47. The van der Waals surface area contributed by atoms with E-state index in [2.05, 4.69) is 5.10 Å². The Morgan fingerprint density at radius 2 is 2.15 bits per heavy atom. The normalized spacial score (nSPS) is 10.3. The van der Waals surface area contributed by atoms with Crippen molar-refractivity contribution in [2.45, 2.75) is 6.92 Å². The van der Waals surface area contributed by atoms with E-state index >= 15 is 0 Å². The molecule has 0 fully saturated rings. The molecule has 0 unspecified atom stereocenters. The first-order valence-corrected chi connectivity index (χ1v) is 6.57. The number of aryl methyl sites for hydroxylation is 1. The van der Waals surface area contributed by atoms with E-state index in [-0.39, 0.29) is 6.61 Å². The molecule has 0 bridgehead atoms. The lowest BCUT2D eigenvalue weighted by molar-refractivity contribution is -0.145. The molecule has 106 valence electrons. The summed E-state index contributed by atoms with van der Waals surface area (Å²) < 4.78 is 11.7. The average molecular weight is 295 g/mol. The second kappa shape index (κ2) is 6.43. The van der Waals surface area contributed by atoms with Gasteiger partial charge in [0.15, 0.2) is 6.61 Å². The van der Waals surface area contributed by atoms with E-state index in [1.54, 1.807) is 24.7 Å². The van der Waals surface area contributed by atoms with E-state index in [0.717, 1.165) is 11.3 Å². The van der Waals surface area contributed by atoms with Crippen LogP contribution in [0.4, 0.5) is 0 Å². The lowest BCUT2D eigenvalue weighted by atomic mass is 10.1. The van der Waals surface area contributed by atoms with Crippen molar-refractivity contribution in [2.75, 3.05) is 13.2 Å². The van der Waals surface area contributed by atoms with Gasteiger partial charge in [-0.25, -0.2) is 4.79 Å².